The number of hydrogen-bond donors (Lipinski definition) is 1. The first-order valence-electron chi connectivity index (χ1n) is 6.77. The van der Waals surface area contributed by atoms with Crippen molar-refractivity contribution in [3.63, 3.8) is 0 Å². The van der Waals surface area contributed by atoms with E-state index >= 15 is 0 Å². The van der Waals surface area contributed by atoms with Gasteiger partial charge >= 0.3 is 0 Å². The van der Waals surface area contributed by atoms with Crippen LogP contribution in [0.2, 0.25) is 0 Å². The Bertz CT molecular complexity index is 553. The number of pyridine rings is 1. The molecule has 2 heterocycles. The van der Waals surface area contributed by atoms with Crippen LogP contribution in [-0.4, -0.2) is 55.8 Å². The third-order valence-corrected chi connectivity index (χ3v) is 5.28. The van der Waals surface area contributed by atoms with Crippen molar-refractivity contribution in [2.75, 3.05) is 33.2 Å². The lowest BCUT2D eigenvalue weighted by molar-refractivity contribution is 0.220. The zero-order valence-electron chi connectivity index (χ0n) is 12.2. The molecule has 1 aromatic rings. The van der Waals surface area contributed by atoms with E-state index in [1.54, 1.807) is 6.20 Å². The first kappa shape index (κ1) is 15.4. The Morgan fingerprint density at radius 2 is 1.95 bits per heavy atom. The summed E-state index contributed by atoms with van der Waals surface area (Å²) in [6.45, 7) is 6.33. The molecule has 0 aromatic carbocycles. The molecule has 112 valence electrons. The molecule has 1 aliphatic rings. The van der Waals surface area contributed by atoms with E-state index in [9.17, 15) is 8.42 Å². The summed E-state index contributed by atoms with van der Waals surface area (Å²) in [5.41, 5.74) is 1.76. The Kier molecular flexibility index (Phi) is 4.74. The predicted molar refractivity (Wildman–Crippen MR) is 78.5 cm³/mol. The minimum Gasteiger partial charge on any atom is -0.304 e. The summed E-state index contributed by atoms with van der Waals surface area (Å²) in [6, 6.07) is 3.45. The van der Waals surface area contributed by atoms with Gasteiger partial charge in [-0.15, -0.1) is 0 Å². The van der Waals surface area contributed by atoms with E-state index in [4.69, 9.17) is 0 Å². The fourth-order valence-corrected chi connectivity index (χ4v) is 3.68. The summed E-state index contributed by atoms with van der Waals surface area (Å²) in [5, 5.41) is 0. The quantitative estimate of drug-likeness (QED) is 0.881. The van der Waals surface area contributed by atoms with E-state index in [1.807, 2.05) is 33.0 Å². The van der Waals surface area contributed by atoms with Gasteiger partial charge in [-0.3, -0.25) is 4.98 Å². The second-order valence-electron chi connectivity index (χ2n) is 5.25. The summed E-state index contributed by atoms with van der Waals surface area (Å²) in [6.07, 6.45) is 1.68. The summed E-state index contributed by atoms with van der Waals surface area (Å²) in [7, 11) is -1.46. The van der Waals surface area contributed by atoms with Crippen molar-refractivity contribution in [2.45, 2.75) is 19.9 Å². The first-order chi connectivity index (χ1) is 9.40. The lowest BCUT2D eigenvalue weighted by Gasteiger charge is -2.32. The van der Waals surface area contributed by atoms with Gasteiger partial charge < -0.3 is 4.90 Å². The van der Waals surface area contributed by atoms with Gasteiger partial charge in [-0.05, 0) is 32.5 Å². The van der Waals surface area contributed by atoms with E-state index in [1.165, 1.54) is 4.31 Å². The fourth-order valence-electron chi connectivity index (χ4n) is 2.33. The molecular weight excluding hydrogens is 276 g/mol. The zero-order valence-corrected chi connectivity index (χ0v) is 13.0. The average molecular weight is 298 g/mol. The highest BCUT2D eigenvalue weighted by atomic mass is 32.2. The number of hydrogen-bond acceptors (Lipinski definition) is 4. The monoisotopic (exact) mass is 298 g/mol. The zero-order chi connectivity index (χ0) is 14.8. The maximum absolute atomic E-state index is 12.4. The normalized spacial score (nSPS) is 19.9. The SMILES string of the molecule is Cc1cccnc1[C@@H](C)NS(=O)(=O)N1CCN(C)CC1. The molecule has 7 heteroatoms. The van der Waals surface area contributed by atoms with Gasteiger partial charge in [0, 0.05) is 32.4 Å². The Morgan fingerprint density at radius 1 is 1.30 bits per heavy atom. The van der Waals surface area contributed by atoms with E-state index in [0.29, 0.717) is 13.1 Å². The summed E-state index contributed by atoms with van der Waals surface area (Å²) in [5.74, 6) is 0. The summed E-state index contributed by atoms with van der Waals surface area (Å²) >= 11 is 0. The predicted octanol–water partition coefficient (Wildman–Crippen LogP) is 0.533. The highest BCUT2D eigenvalue weighted by Gasteiger charge is 2.27. The van der Waals surface area contributed by atoms with Gasteiger partial charge in [-0.1, -0.05) is 6.07 Å². The van der Waals surface area contributed by atoms with Crippen LogP contribution in [0.3, 0.4) is 0 Å². The molecule has 1 aromatic heterocycles. The van der Waals surface area contributed by atoms with Crippen LogP contribution >= 0.6 is 0 Å². The molecule has 0 radical (unpaired) electrons. The lowest BCUT2D eigenvalue weighted by Crippen LogP contribution is -2.51. The van der Waals surface area contributed by atoms with Crippen LogP contribution in [0.4, 0.5) is 0 Å². The van der Waals surface area contributed by atoms with Crippen LogP contribution in [0.15, 0.2) is 18.3 Å². The smallest absolute Gasteiger partial charge is 0.280 e. The van der Waals surface area contributed by atoms with E-state index in [2.05, 4.69) is 14.6 Å². The Morgan fingerprint density at radius 3 is 2.55 bits per heavy atom. The van der Waals surface area contributed by atoms with Gasteiger partial charge in [0.25, 0.3) is 10.2 Å². The topological polar surface area (TPSA) is 65.5 Å². The molecule has 1 N–H and O–H groups in total. The van der Waals surface area contributed by atoms with Crippen molar-refractivity contribution in [3.05, 3.63) is 29.6 Å². The molecule has 0 spiro atoms. The highest BCUT2D eigenvalue weighted by molar-refractivity contribution is 7.87. The van der Waals surface area contributed by atoms with Crippen LogP contribution in [-0.2, 0) is 10.2 Å². The van der Waals surface area contributed by atoms with Crippen LogP contribution in [0.1, 0.15) is 24.2 Å². The van der Waals surface area contributed by atoms with Crippen molar-refractivity contribution in [1.29, 1.82) is 0 Å². The molecule has 0 saturated carbocycles. The molecule has 0 bridgehead atoms. The van der Waals surface area contributed by atoms with Crippen LogP contribution < -0.4 is 4.72 Å². The van der Waals surface area contributed by atoms with E-state index in [0.717, 1.165) is 24.3 Å². The van der Waals surface area contributed by atoms with E-state index in [-0.39, 0.29) is 6.04 Å². The molecule has 20 heavy (non-hydrogen) atoms. The van der Waals surface area contributed by atoms with Gasteiger partial charge in [0.2, 0.25) is 0 Å². The lowest BCUT2D eigenvalue weighted by atomic mass is 10.1. The molecule has 6 nitrogen and oxygen atoms in total. The maximum Gasteiger partial charge on any atom is 0.280 e. The number of aryl methyl sites for hydroxylation is 1. The third-order valence-electron chi connectivity index (χ3n) is 3.59. The van der Waals surface area contributed by atoms with Gasteiger partial charge in [-0.25, -0.2) is 0 Å². The first-order valence-corrected chi connectivity index (χ1v) is 8.21. The largest absolute Gasteiger partial charge is 0.304 e. The average Bonchev–Trinajstić information content (AvgIpc) is 2.39. The van der Waals surface area contributed by atoms with Crippen molar-refractivity contribution in [1.82, 2.24) is 18.9 Å². The number of nitrogens with zero attached hydrogens (tertiary/aromatic N) is 3. The number of rotatable bonds is 4. The second kappa shape index (κ2) is 6.17. The molecule has 1 atom stereocenters. The molecule has 1 saturated heterocycles. The number of likely N-dealkylation sites (N-methyl/N-ethyl adjacent to an activating group) is 1. The van der Waals surface area contributed by atoms with Gasteiger partial charge in [0.05, 0.1) is 11.7 Å². The molecule has 0 unspecified atom stereocenters. The number of nitrogens with one attached hydrogen (secondary N) is 1. The number of aromatic nitrogens is 1. The molecule has 1 aliphatic heterocycles. The van der Waals surface area contributed by atoms with Crippen LogP contribution in [0, 0.1) is 6.92 Å². The van der Waals surface area contributed by atoms with Crippen molar-refractivity contribution in [2.24, 2.45) is 0 Å². The molecule has 0 amide bonds. The van der Waals surface area contributed by atoms with Crippen LogP contribution in [0.5, 0.6) is 0 Å². The Hall–Kier alpha value is -1.02. The Labute approximate surface area is 121 Å². The third kappa shape index (κ3) is 3.54. The highest BCUT2D eigenvalue weighted by Crippen LogP contribution is 2.16. The molecular formula is C13H22N4O2S. The van der Waals surface area contributed by atoms with Gasteiger partial charge in [0.1, 0.15) is 0 Å². The second-order valence-corrected chi connectivity index (χ2v) is 6.95. The summed E-state index contributed by atoms with van der Waals surface area (Å²) in [4.78, 5) is 6.39. The minimum absolute atomic E-state index is 0.333. The van der Waals surface area contributed by atoms with Crippen molar-refractivity contribution >= 4 is 10.2 Å². The van der Waals surface area contributed by atoms with E-state index < -0.39 is 10.2 Å². The standard InChI is InChI=1S/C13H22N4O2S/c1-11-5-4-6-14-13(11)12(2)15-20(18,19)17-9-7-16(3)8-10-17/h4-6,12,15H,7-10H2,1-3H3/t12-/m1/s1. The Balaban J connectivity index is 2.07. The van der Waals surface area contributed by atoms with Crippen molar-refractivity contribution in [3.8, 4) is 0 Å². The minimum atomic E-state index is -3.45. The fraction of sp³-hybridized carbons (Fsp3) is 0.615. The maximum atomic E-state index is 12.4. The van der Waals surface area contributed by atoms with Crippen LogP contribution in [0.25, 0.3) is 0 Å². The van der Waals surface area contributed by atoms with Gasteiger partial charge in [0.15, 0.2) is 0 Å². The molecule has 1 fully saturated rings. The molecule has 2 rings (SSSR count). The van der Waals surface area contributed by atoms with Crippen molar-refractivity contribution < 1.29 is 8.42 Å². The molecule has 0 aliphatic carbocycles. The van der Waals surface area contributed by atoms with Gasteiger partial charge in [-0.2, -0.15) is 17.4 Å². The summed E-state index contributed by atoms with van der Waals surface area (Å²) < 4.78 is 28.9. The number of piperazine rings is 1.